The average molecular weight is 199 g/mol. The average Bonchev–Trinajstić information content (AvgIpc) is 2.69. The fraction of sp³-hybridized carbons (Fsp3) is 0.900. The summed E-state index contributed by atoms with van der Waals surface area (Å²) in [4.78, 5) is 11.7. The molecule has 1 heterocycles. The van der Waals surface area contributed by atoms with Crippen LogP contribution in [0.3, 0.4) is 0 Å². The second-order valence-corrected chi connectivity index (χ2v) is 3.98. The van der Waals surface area contributed by atoms with Crippen molar-refractivity contribution in [3.05, 3.63) is 0 Å². The number of rotatable bonds is 6. The molecule has 2 atom stereocenters. The van der Waals surface area contributed by atoms with Crippen LogP contribution in [0.5, 0.6) is 0 Å². The van der Waals surface area contributed by atoms with Gasteiger partial charge in [-0.05, 0) is 32.4 Å². The zero-order valence-electron chi connectivity index (χ0n) is 8.67. The van der Waals surface area contributed by atoms with Crippen LogP contribution < -0.4 is 16.8 Å². The smallest absolute Gasteiger partial charge is 0.153 e. The molecule has 4 heteroatoms. The van der Waals surface area contributed by atoms with Crippen LogP contribution in [-0.2, 0) is 4.79 Å². The number of Topliss-reactive ketones (excluding diaryl/α,β-unsaturated/α-hetero) is 1. The molecule has 82 valence electrons. The van der Waals surface area contributed by atoms with Crippen LogP contribution in [0, 0.1) is 5.92 Å². The fourth-order valence-electron chi connectivity index (χ4n) is 1.85. The van der Waals surface area contributed by atoms with E-state index in [0.717, 1.165) is 38.8 Å². The summed E-state index contributed by atoms with van der Waals surface area (Å²) in [6, 6.07) is -0.272. The Morgan fingerprint density at radius 1 is 1.50 bits per heavy atom. The van der Waals surface area contributed by atoms with Crippen molar-refractivity contribution in [1.82, 2.24) is 5.32 Å². The van der Waals surface area contributed by atoms with E-state index in [9.17, 15) is 4.79 Å². The third-order valence-corrected chi connectivity index (χ3v) is 2.80. The molecule has 1 saturated heterocycles. The van der Waals surface area contributed by atoms with Gasteiger partial charge >= 0.3 is 0 Å². The topological polar surface area (TPSA) is 81.1 Å². The molecule has 1 unspecified atom stereocenters. The van der Waals surface area contributed by atoms with Gasteiger partial charge in [0.05, 0.1) is 6.04 Å². The number of carbonyl (C=O) groups excluding carboxylic acids is 1. The lowest BCUT2D eigenvalue weighted by atomic mass is 9.94. The molecule has 0 saturated carbocycles. The highest BCUT2D eigenvalue weighted by Gasteiger charge is 2.26. The highest BCUT2D eigenvalue weighted by Crippen LogP contribution is 2.12. The van der Waals surface area contributed by atoms with Crippen LogP contribution in [0.1, 0.15) is 25.7 Å². The Morgan fingerprint density at radius 3 is 2.86 bits per heavy atom. The van der Waals surface area contributed by atoms with Crippen molar-refractivity contribution >= 4 is 5.78 Å². The van der Waals surface area contributed by atoms with E-state index in [4.69, 9.17) is 11.5 Å². The van der Waals surface area contributed by atoms with E-state index in [0.29, 0.717) is 6.54 Å². The molecule has 0 amide bonds. The summed E-state index contributed by atoms with van der Waals surface area (Å²) in [6.07, 6.45) is 3.66. The van der Waals surface area contributed by atoms with Crippen LogP contribution in [0.4, 0.5) is 0 Å². The van der Waals surface area contributed by atoms with E-state index in [1.807, 2.05) is 0 Å². The van der Waals surface area contributed by atoms with Gasteiger partial charge in [-0.15, -0.1) is 0 Å². The van der Waals surface area contributed by atoms with Gasteiger partial charge in [-0.1, -0.05) is 6.42 Å². The van der Waals surface area contributed by atoms with E-state index in [1.165, 1.54) is 0 Å². The molecule has 0 spiro atoms. The van der Waals surface area contributed by atoms with Gasteiger partial charge in [-0.25, -0.2) is 0 Å². The largest absolute Gasteiger partial charge is 0.330 e. The SMILES string of the molecule is NCCCC[C@H](N)C(=O)C1CCNC1. The normalized spacial score (nSPS) is 23.7. The van der Waals surface area contributed by atoms with Gasteiger partial charge in [0.1, 0.15) is 0 Å². The second kappa shape index (κ2) is 6.11. The molecule has 0 bridgehead atoms. The first-order valence-electron chi connectivity index (χ1n) is 5.45. The van der Waals surface area contributed by atoms with E-state index >= 15 is 0 Å². The minimum atomic E-state index is -0.272. The maximum absolute atomic E-state index is 11.7. The van der Waals surface area contributed by atoms with Gasteiger partial charge in [-0.3, -0.25) is 4.79 Å². The predicted octanol–water partition coefficient (Wildman–Crippen LogP) is -0.379. The van der Waals surface area contributed by atoms with Crippen molar-refractivity contribution in [2.45, 2.75) is 31.7 Å². The molecule has 4 nitrogen and oxygen atoms in total. The lowest BCUT2D eigenvalue weighted by molar-refractivity contribution is -0.123. The maximum atomic E-state index is 11.7. The summed E-state index contributed by atoms with van der Waals surface area (Å²) in [5, 5.41) is 3.18. The zero-order valence-corrected chi connectivity index (χ0v) is 8.67. The Kier molecular flexibility index (Phi) is 5.07. The highest BCUT2D eigenvalue weighted by atomic mass is 16.1. The Hall–Kier alpha value is -0.450. The Morgan fingerprint density at radius 2 is 2.29 bits per heavy atom. The van der Waals surface area contributed by atoms with Crippen molar-refractivity contribution in [3.63, 3.8) is 0 Å². The maximum Gasteiger partial charge on any atom is 0.153 e. The molecule has 1 fully saturated rings. The molecule has 1 aliphatic heterocycles. The number of nitrogens with two attached hydrogens (primary N) is 2. The fourth-order valence-corrected chi connectivity index (χ4v) is 1.85. The van der Waals surface area contributed by atoms with Crippen molar-refractivity contribution in [2.24, 2.45) is 17.4 Å². The summed E-state index contributed by atoms with van der Waals surface area (Å²) in [5.74, 6) is 0.384. The molecular weight excluding hydrogens is 178 g/mol. The molecule has 1 rings (SSSR count). The van der Waals surface area contributed by atoms with Crippen LogP contribution in [0.15, 0.2) is 0 Å². The lowest BCUT2D eigenvalue weighted by Crippen LogP contribution is -2.36. The Balaban J connectivity index is 2.21. The van der Waals surface area contributed by atoms with Crippen LogP contribution >= 0.6 is 0 Å². The Bertz CT molecular complexity index is 178. The van der Waals surface area contributed by atoms with Crippen LogP contribution in [0.2, 0.25) is 0 Å². The molecule has 1 aliphatic rings. The summed E-state index contributed by atoms with van der Waals surface area (Å²) in [7, 11) is 0. The molecule has 5 N–H and O–H groups in total. The molecule has 14 heavy (non-hydrogen) atoms. The van der Waals surface area contributed by atoms with Gasteiger partial charge in [0.15, 0.2) is 5.78 Å². The number of ketones is 1. The lowest BCUT2D eigenvalue weighted by Gasteiger charge is -2.14. The van der Waals surface area contributed by atoms with E-state index < -0.39 is 0 Å². The minimum Gasteiger partial charge on any atom is -0.330 e. The van der Waals surface area contributed by atoms with Gasteiger partial charge in [-0.2, -0.15) is 0 Å². The summed E-state index contributed by atoms with van der Waals surface area (Å²) >= 11 is 0. The number of hydrogen-bond donors (Lipinski definition) is 3. The quantitative estimate of drug-likeness (QED) is 0.509. The third-order valence-electron chi connectivity index (χ3n) is 2.80. The molecule has 0 aromatic carbocycles. The number of carbonyl (C=O) groups is 1. The van der Waals surface area contributed by atoms with Crippen molar-refractivity contribution in [1.29, 1.82) is 0 Å². The summed E-state index contributed by atoms with van der Waals surface area (Å²) in [6.45, 7) is 2.45. The molecule has 0 aromatic heterocycles. The summed E-state index contributed by atoms with van der Waals surface area (Å²) in [5.41, 5.74) is 11.2. The second-order valence-electron chi connectivity index (χ2n) is 3.98. The van der Waals surface area contributed by atoms with Crippen molar-refractivity contribution < 1.29 is 4.79 Å². The first-order chi connectivity index (χ1) is 6.75. The monoisotopic (exact) mass is 199 g/mol. The highest BCUT2D eigenvalue weighted by molar-refractivity contribution is 5.86. The predicted molar refractivity (Wildman–Crippen MR) is 56.9 cm³/mol. The molecule has 0 aliphatic carbocycles. The number of nitrogens with one attached hydrogen (secondary N) is 1. The molecule has 0 radical (unpaired) electrons. The molecule has 0 aromatic rings. The Labute approximate surface area is 85.4 Å². The summed E-state index contributed by atoms with van der Waals surface area (Å²) < 4.78 is 0. The van der Waals surface area contributed by atoms with E-state index in [-0.39, 0.29) is 17.7 Å². The van der Waals surface area contributed by atoms with Crippen molar-refractivity contribution in [2.75, 3.05) is 19.6 Å². The van der Waals surface area contributed by atoms with Gasteiger partial charge in [0.2, 0.25) is 0 Å². The standard InChI is InChI=1S/C10H21N3O/c11-5-2-1-3-9(12)10(14)8-4-6-13-7-8/h8-9,13H,1-7,11-12H2/t8?,9-/m0/s1. The van der Waals surface area contributed by atoms with Crippen molar-refractivity contribution in [3.8, 4) is 0 Å². The number of unbranched alkanes of at least 4 members (excludes halogenated alkanes) is 1. The van der Waals surface area contributed by atoms with Gasteiger partial charge in [0, 0.05) is 12.5 Å². The van der Waals surface area contributed by atoms with Gasteiger partial charge < -0.3 is 16.8 Å². The minimum absolute atomic E-state index is 0.155. The molecular formula is C10H21N3O. The van der Waals surface area contributed by atoms with Gasteiger partial charge in [0.25, 0.3) is 0 Å². The third kappa shape index (κ3) is 3.36. The number of hydrogen-bond acceptors (Lipinski definition) is 4. The van der Waals surface area contributed by atoms with Crippen LogP contribution in [-0.4, -0.2) is 31.5 Å². The zero-order chi connectivity index (χ0) is 10.4. The first kappa shape index (κ1) is 11.6. The van der Waals surface area contributed by atoms with E-state index in [2.05, 4.69) is 5.32 Å². The first-order valence-corrected chi connectivity index (χ1v) is 5.45. The van der Waals surface area contributed by atoms with E-state index in [1.54, 1.807) is 0 Å². The van der Waals surface area contributed by atoms with Crippen LogP contribution in [0.25, 0.3) is 0 Å².